The smallest absolute Gasteiger partial charge is 0.247 e. The highest BCUT2D eigenvalue weighted by Crippen LogP contribution is 2.19. The molecule has 0 aliphatic rings. The van der Waals surface area contributed by atoms with Crippen LogP contribution >= 0.6 is 0 Å². The Bertz CT molecular complexity index is 575. The first kappa shape index (κ1) is 15.6. The summed E-state index contributed by atoms with van der Waals surface area (Å²) in [7, 11) is 0. The first-order valence-corrected chi connectivity index (χ1v) is 6.90. The van der Waals surface area contributed by atoms with E-state index in [0.717, 1.165) is 6.54 Å². The maximum Gasteiger partial charge on any atom is 0.247 e. The van der Waals surface area contributed by atoms with Crippen LogP contribution in [0.25, 0.3) is 11.5 Å². The third-order valence-electron chi connectivity index (χ3n) is 2.97. The highest BCUT2D eigenvalue weighted by molar-refractivity contribution is 5.51. The van der Waals surface area contributed by atoms with Crippen molar-refractivity contribution in [3.8, 4) is 11.5 Å². The Balaban J connectivity index is 2.07. The molecule has 0 aliphatic heterocycles. The molecule has 0 bridgehead atoms. The van der Waals surface area contributed by atoms with E-state index in [4.69, 9.17) is 4.42 Å². The number of nitrogens with zero attached hydrogens (tertiary/aromatic N) is 3. The molecule has 1 aromatic heterocycles. The van der Waals surface area contributed by atoms with Crippen LogP contribution in [0.5, 0.6) is 0 Å². The molecule has 1 heterocycles. The summed E-state index contributed by atoms with van der Waals surface area (Å²) < 4.78 is 18.5. The number of hydrogen-bond donors (Lipinski definition) is 1. The molecule has 1 aromatic carbocycles. The Morgan fingerprint density at radius 3 is 2.48 bits per heavy atom. The van der Waals surface area contributed by atoms with E-state index in [9.17, 15) is 9.50 Å². The fourth-order valence-corrected chi connectivity index (χ4v) is 2.04. The lowest BCUT2D eigenvalue weighted by molar-refractivity contribution is 0.0329. The molecular formula is C15H20FN3O2. The summed E-state index contributed by atoms with van der Waals surface area (Å²) in [5.74, 6) is 0.533. The minimum Gasteiger partial charge on any atom is -0.419 e. The highest BCUT2D eigenvalue weighted by Gasteiger charge is 2.19. The number of aromatic nitrogens is 2. The first-order chi connectivity index (χ1) is 9.87. The standard InChI is InChI=1S/C15H20FN3O2/c1-4-19(10-15(2,3)20)9-13-17-18-14(21-13)11-5-7-12(16)8-6-11/h5-8,20H,4,9-10H2,1-3H3. The largest absolute Gasteiger partial charge is 0.419 e. The first-order valence-electron chi connectivity index (χ1n) is 6.90. The van der Waals surface area contributed by atoms with Crippen molar-refractivity contribution in [1.29, 1.82) is 0 Å². The maximum atomic E-state index is 12.9. The van der Waals surface area contributed by atoms with Crippen molar-refractivity contribution in [3.05, 3.63) is 36.0 Å². The molecule has 2 rings (SSSR count). The Labute approximate surface area is 123 Å². The maximum absolute atomic E-state index is 12.9. The van der Waals surface area contributed by atoms with Gasteiger partial charge in [0.15, 0.2) is 0 Å². The summed E-state index contributed by atoms with van der Waals surface area (Å²) in [5.41, 5.74) is -0.101. The van der Waals surface area contributed by atoms with E-state index >= 15 is 0 Å². The van der Waals surface area contributed by atoms with Gasteiger partial charge >= 0.3 is 0 Å². The molecule has 6 heteroatoms. The molecule has 0 atom stereocenters. The van der Waals surface area contributed by atoms with Crippen molar-refractivity contribution in [2.75, 3.05) is 13.1 Å². The topological polar surface area (TPSA) is 62.4 Å². The third-order valence-corrected chi connectivity index (χ3v) is 2.97. The van der Waals surface area contributed by atoms with E-state index < -0.39 is 5.60 Å². The van der Waals surface area contributed by atoms with Crippen LogP contribution in [0, 0.1) is 5.82 Å². The van der Waals surface area contributed by atoms with Gasteiger partial charge in [-0.1, -0.05) is 6.92 Å². The second-order valence-electron chi connectivity index (χ2n) is 5.62. The monoisotopic (exact) mass is 293 g/mol. The van der Waals surface area contributed by atoms with E-state index in [1.165, 1.54) is 12.1 Å². The van der Waals surface area contributed by atoms with E-state index in [1.807, 2.05) is 11.8 Å². The quantitative estimate of drug-likeness (QED) is 0.886. The van der Waals surface area contributed by atoms with Gasteiger partial charge in [-0.15, -0.1) is 10.2 Å². The Kier molecular flexibility index (Phi) is 4.69. The lowest BCUT2D eigenvalue weighted by atomic mass is 10.1. The molecule has 0 radical (unpaired) electrons. The number of halogens is 1. The summed E-state index contributed by atoms with van der Waals surface area (Å²) >= 11 is 0. The van der Waals surface area contributed by atoms with Crippen LogP contribution in [0.4, 0.5) is 4.39 Å². The van der Waals surface area contributed by atoms with Gasteiger partial charge in [0.1, 0.15) is 5.82 Å². The SMILES string of the molecule is CCN(Cc1nnc(-c2ccc(F)cc2)o1)CC(C)(C)O. The minimum atomic E-state index is -0.782. The van der Waals surface area contributed by atoms with Gasteiger partial charge in [-0.05, 0) is 44.7 Å². The van der Waals surface area contributed by atoms with E-state index in [1.54, 1.807) is 26.0 Å². The molecule has 5 nitrogen and oxygen atoms in total. The van der Waals surface area contributed by atoms with Crippen molar-refractivity contribution < 1.29 is 13.9 Å². The Morgan fingerprint density at radius 2 is 1.90 bits per heavy atom. The van der Waals surface area contributed by atoms with Crippen molar-refractivity contribution in [1.82, 2.24) is 15.1 Å². The predicted octanol–water partition coefficient (Wildman–Crippen LogP) is 2.47. The average Bonchev–Trinajstić information content (AvgIpc) is 2.85. The van der Waals surface area contributed by atoms with Gasteiger partial charge in [0.05, 0.1) is 12.1 Å². The zero-order chi connectivity index (χ0) is 15.5. The van der Waals surface area contributed by atoms with Crippen LogP contribution in [0.2, 0.25) is 0 Å². The molecule has 1 N–H and O–H groups in total. The normalized spacial score (nSPS) is 12.1. The second kappa shape index (κ2) is 6.32. The lowest BCUT2D eigenvalue weighted by Gasteiger charge is -2.26. The average molecular weight is 293 g/mol. The van der Waals surface area contributed by atoms with Crippen LogP contribution in [0.3, 0.4) is 0 Å². The summed E-state index contributed by atoms with van der Waals surface area (Å²) in [6.45, 7) is 7.26. The van der Waals surface area contributed by atoms with Crippen molar-refractivity contribution in [3.63, 3.8) is 0 Å². The fourth-order valence-electron chi connectivity index (χ4n) is 2.04. The van der Waals surface area contributed by atoms with E-state index in [2.05, 4.69) is 10.2 Å². The molecule has 0 aliphatic carbocycles. The highest BCUT2D eigenvalue weighted by atomic mass is 19.1. The Hall–Kier alpha value is -1.79. The molecule has 0 saturated heterocycles. The molecular weight excluding hydrogens is 273 g/mol. The molecule has 21 heavy (non-hydrogen) atoms. The minimum absolute atomic E-state index is 0.305. The Morgan fingerprint density at radius 1 is 1.24 bits per heavy atom. The number of likely N-dealkylation sites (N-methyl/N-ethyl adjacent to an activating group) is 1. The number of rotatable bonds is 6. The summed E-state index contributed by atoms with van der Waals surface area (Å²) in [6.07, 6.45) is 0. The van der Waals surface area contributed by atoms with Gasteiger partial charge in [-0.25, -0.2) is 4.39 Å². The molecule has 2 aromatic rings. The van der Waals surface area contributed by atoms with Crippen LogP contribution in [0.15, 0.2) is 28.7 Å². The van der Waals surface area contributed by atoms with Crippen molar-refractivity contribution >= 4 is 0 Å². The number of benzene rings is 1. The third kappa shape index (κ3) is 4.61. The summed E-state index contributed by atoms with van der Waals surface area (Å²) in [4.78, 5) is 2.02. The van der Waals surface area contributed by atoms with Gasteiger partial charge in [0.25, 0.3) is 0 Å². The molecule has 0 saturated carbocycles. The van der Waals surface area contributed by atoms with Gasteiger partial charge in [-0.3, -0.25) is 4.90 Å². The number of hydrogen-bond acceptors (Lipinski definition) is 5. The van der Waals surface area contributed by atoms with E-state index in [0.29, 0.717) is 30.4 Å². The van der Waals surface area contributed by atoms with Gasteiger partial charge in [0.2, 0.25) is 11.8 Å². The van der Waals surface area contributed by atoms with Crippen LogP contribution < -0.4 is 0 Å². The van der Waals surface area contributed by atoms with Gasteiger partial charge in [-0.2, -0.15) is 0 Å². The lowest BCUT2D eigenvalue weighted by Crippen LogP contribution is -2.38. The van der Waals surface area contributed by atoms with Gasteiger partial charge in [0, 0.05) is 12.1 Å². The predicted molar refractivity (Wildman–Crippen MR) is 76.9 cm³/mol. The molecule has 114 valence electrons. The van der Waals surface area contributed by atoms with Crippen LogP contribution in [-0.4, -0.2) is 38.9 Å². The molecule has 0 fully saturated rings. The summed E-state index contributed by atoms with van der Waals surface area (Å²) in [5, 5.41) is 17.8. The molecule has 0 spiro atoms. The zero-order valence-electron chi connectivity index (χ0n) is 12.5. The van der Waals surface area contributed by atoms with Crippen LogP contribution in [-0.2, 0) is 6.54 Å². The molecule has 0 unspecified atom stereocenters. The fraction of sp³-hybridized carbons (Fsp3) is 0.467. The van der Waals surface area contributed by atoms with Gasteiger partial charge < -0.3 is 9.52 Å². The number of aliphatic hydroxyl groups is 1. The van der Waals surface area contributed by atoms with Crippen LogP contribution in [0.1, 0.15) is 26.7 Å². The second-order valence-corrected chi connectivity index (χ2v) is 5.62. The van der Waals surface area contributed by atoms with Crippen molar-refractivity contribution in [2.24, 2.45) is 0 Å². The molecule has 0 amide bonds. The zero-order valence-corrected chi connectivity index (χ0v) is 12.5. The van der Waals surface area contributed by atoms with E-state index in [-0.39, 0.29) is 5.82 Å². The summed E-state index contributed by atoms with van der Waals surface area (Å²) in [6, 6.07) is 5.90. The van der Waals surface area contributed by atoms with Crippen molar-refractivity contribution in [2.45, 2.75) is 32.9 Å².